The minimum atomic E-state index is -0.197. The van der Waals surface area contributed by atoms with Crippen molar-refractivity contribution in [3.8, 4) is 0 Å². The highest BCUT2D eigenvalue weighted by molar-refractivity contribution is 8.26. The third kappa shape index (κ3) is 3.96. The van der Waals surface area contributed by atoms with E-state index >= 15 is 0 Å². The zero-order valence-corrected chi connectivity index (χ0v) is 18.0. The molecule has 0 atom stereocenters. The third-order valence-electron chi connectivity index (χ3n) is 5.35. The van der Waals surface area contributed by atoms with Gasteiger partial charge < -0.3 is 5.32 Å². The Morgan fingerprint density at radius 1 is 1.28 bits per heavy atom. The molecule has 0 radical (unpaired) electrons. The molecule has 0 bridgehead atoms. The number of thioether (sulfide) groups is 1. The van der Waals surface area contributed by atoms with Gasteiger partial charge in [-0.25, -0.2) is 4.98 Å². The molecule has 0 unspecified atom stereocenters. The third-order valence-corrected chi connectivity index (χ3v) is 6.68. The van der Waals surface area contributed by atoms with Gasteiger partial charge >= 0.3 is 0 Å². The zero-order chi connectivity index (χ0) is 20.4. The van der Waals surface area contributed by atoms with Crippen LogP contribution in [0.15, 0.2) is 34.1 Å². The molecule has 1 N–H and O–H groups in total. The van der Waals surface area contributed by atoms with Crippen molar-refractivity contribution >= 4 is 51.7 Å². The maximum absolute atomic E-state index is 13.1. The average molecular weight is 429 g/mol. The number of carbonyl (C=O) groups is 1. The minimum absolute atomic E-state index is 0.0918. The number of anilines is 1. The summed E-state index contributed by atoms with van der Waals surface area (Å²) < 4.78 is 2.09. The van der Waals surface area contributed by atoms with Crippen LogP contribution >= 0.6 is 24.0 Å². The molecule has 0 aromatic carbocycles. The second kappa shape index (κ2) is 8.67. The standard InChI is InChI=1S/C21H24N4O2S2/c1-2-11-22-18-15(19(26)24-12-7-6-10-17(24)23-18)13-16-20(27)25(21(28)29-16)14-8-4-3-5-9-14/h6-7,10,12-14,22H,2-5,8-9,11H2,1H3. The number of nitrogens with zero attached hydrogens (tertiary/aromatic N) is 3. The number of carbonyl (C=O) groups excluding carboxylic acids is 1. The van der Waals surface area contributed by atoms with Crippen molar-refractivity contribution in [2.24, 2.45) is 0 Å². The highest BCUT2D eigenvalue weighted by atomic mass is 32.2. The number of nitrogens with one attached hydrogen (secondary N) is 1. The second-order valence-electron chi connectivity index (χ2n) is 7.38. The summed E-state index contributed by atoms with van der Waals surface area (Å²) in [7, 11) is 0. The van der Waals surface area contributed by atoms with E-state index in [1.807, 2.05) is 6.07 Å². The summed E-state index contributed by atoms with van der Waals surface area (Å²) in [4.78, 5) is 33.1. The van der Waals surface area contributed by atoms with Crippen molar-refractivity contribution in [3.05, 3.63) is 45.2 Å². The van der Waals surface area contributed by atoms with Crippen LogP contribution in [0.3, 0.4) is 0 Å². The maximum atomic E-state index is 13.1. The molecule has 152 valence electrons. The monoisotopic (exact) mass is 428 g/mol. The molecule has 4 rings (SSSR count). The van der Waals surface area contributed by atoms with Crippen molar-refractivity contribution in [1.82, 2.24) is 14.3 Å². The summed E-state index contributed by atoms with van der Waals surface area (Å²) in [5, 5.41) is 3.23. The molecule has 1 saturated heterocycles. The summed E-state index contributed by atoms with van der Waals surface area (Å²) >= 11 is 6.80. The fourth-order valence-corrected chi connectivity index (χ4v) is 5.26. The number of amides is 1. The molecule has 1 aliphatic heterocycles. The number of pyridine rings is 1. The molecule has 0 spiro atoms. The fourth-order valence-electron chi connectivity index (χ4n) is 3.88. The van der Waals surface area contributed by atoms with Crippen LogP contribution in [-0.2, 0) is 4.79 Å². The molecule has 6 nitrogen and oxygen atoms in total. The Morgan fingerprint density at radius 2 is 2.07 bits per heavy atom. The van der Waals surface area contributed by atoms with Crippen molar-refractivity contribution in [2.75, 3.05) is 11.9 Å². The van der Waals surface area contributed by atoms with E-state index in [0.717, 1.165) is 32.1 Å². The molecular formula is C21H24N4O2S2. The van der Waals surface area contributed by atoms with Crippen LogP contribution in [0.4, 0.5) is 5.82 Å². The normalized spacial score (nSPS) is 19.5. The Balaban J connectivity index is 1.75. The van der Waals surface area contributed by atoms with Crippen LogP contribution < -0.4 is 10.9 Å². The van der Waals surface area contributed by atoms with Crippen molar-refractivity contribution in [2.45, 2.75) is 51.5 Å². The number of aromatic nitrogens is 2. The van der Waals surface area contributed by atoms with Crippen LogP contribution in [0.5, 0.6) is 0 Å². The SMILES string of the molecule is CCCNc1nc2ccccn2c(=O)c1C=C1SC(=S)N(C2CCCCC2)C1=O. The van der Waals surface area contributed by atoms with Gasteiger partial charge in [0.1, 0.15) is 15.8 Å². The van der Waals surface area contributed by atoms with E-state index in [1.54, 1.807) is 29.3 Å². The van der Waals surface area contributed by atoms with Gasteiger partial charge in [0.25, 0.3) is 11.5 Å². The summed E-state index contributed by atoms with van der Waals surface area (Å²) in [6.07, 6.45) is 9.70. The number of hydrogen-bond donors (Lipinski definition) is 1. The Bertz CT molecular complexity index is 1040. The lowest BCUT2D eigenvalue weighted by atomic mass is 9.94. The minimum Gasteiger partial charge on any atom is -0.369 e. The average Bonchev–Trinajstić information content (AvgIpc) is 3.02. The molecule has 1 amide bonds. The van der Waals surface area contributed by atoms with Crippen molar-refractivity contribution in [3.63, 3.8) is 0 Å². The molecule has 29 heavy (non-hydrogen) atoms. The van der Waals surface area contributed by atoms with Gasteiger partial charge in [-0.3, -0.25) is 18.9 Å². The Hall–Kier alpha value is -2.19. The van der Waals surface area contributed by atoms with Gasteiger partial charge in [-0.2, -0.15) is 0 Å². The Kier molecular flexibility index (Phi) is 6.01. The lowest BCUT2D eigenvalue weighted by Crippen LogP contribution is -2.39. The number of fused-ring (bicyclic) bond motifs is 1. The van der Waals surface area contributed by atoms with Crippen LogP contribution in [0.1, 0.15) is 51.0 Å². The van der Waals surface area contributed by atoms with E-state index in [1.165, 1.54) is 22.6 Å². The number of rotatable bonds is 5. The summed E-state index contributed by atoms with van der Waals surface area (Å²) in [5.41, 5.74) is 0.770. The van der Waals surface area contributed by atoms with Gasteiger partial charge in [0.2, 0.25) is 0 Å². The summed E-state index contributed by atoms with van der Waals surface area (Å²) in [6, 6.07) is 5.61. The molecule has 2 aliphatic rings. The first-order chi connectivity index (χ1) is 14.1. The van der Waals surface area contributed by atoms with E-state index in [0.29, 0.717) is 32.8 Å². The molecular weight excluding hydrogens is 404 g/mol. The molecule has 1 saturated carbocycles. The second-order valence-corrected chi connectivity index (χ2v) is 9.05. The predicted molar refractivity (Wildman–Crippen MR) is 122 cm³/mol. The molecule has 1 aliphatic carbocycles. The Morgan fingerprint density at radius 3 is 2.83 bits per heavy atom. The van der Waals surface area contributed by atoms with Gasteiger partial charge in [-0.15, -0.1) is 0 Å². The maximum Gasteiger partial charge on any atom is 0.267 e. The van der Waals surface area contributed by atoms with E-state index in [-0.39, 0.29) is 17.5 Å². The predicted octanol–water partition coefficient (Wildman–Crippen LogP) is 4.05. The van der Waals surface area contributed by atoms with Crippen molar-refractivity contribution < 1.29 is 4.79 Å². The van der Waals surface area contributed by atoms with Gasteiger partial charge in [0.15, 0.2) is 0 Å². The molecule has 8 heteroatoms. The Labute approximate surface area is 179 Å². The van der Waals surface area contributed by atoms with Gasteiger partial charge in [-0.1, -0.05) is 56.2 Å². The topological polar surface area (TPSA) is 66.7 Å². The van der Waals surface area contributed by atoms with Gasteiger partial charge in [0.05, 0.1) is 10.5 Å². The number of thiocarbonyl (C=S) groups is 1. The van der Waals surface area contributed by atoms with E-state index < -0.39 is 0 Å². The largest absolute Gasteiger partial charge is 0.369 e. The van der Waals surface area contributed by atoms with Gasteiger partial charge in [0, 0.05) is 18.8 Å². The highest BCUT2D eigenvalue weighted by Crippen LogP contribution is 2.37. The van der Waals surface area contributed by atoms with Gasteiger partial charge in [-0.05, 0) is 37.5 Å². The first-order valence-electron chi connectivity index (χ1n) is 10.1. The zero-order valence-electron chi connectivity index (χ0n) is 16.4. The van der Waals surface area contributed by atoms with Crippen molar-refractivity contribution in [1.29, 1.82) is 0 Å². The number of hydrogen-bond acceptors (Lipinski definition) is 6. The molecule has 3 heterocycles. The van der Waals surface area contributed by atoms with Crippen LogP contribution in [0, 0.1) is 0 Å². The van der Waals surface area contributed by atoms with Crippen LogP contribution in [-0.4, -0.2) is 37.1 Å². The van der Waals surface area contributed by atoms with Crippen LogP contribution in [0.25, 0.3) is 11.7 Å². The molecule has 2 aromatic heterocycles. The van der Waals surface area contributed by atoms with Crippen LogP contribution in [0.2, 0.25) is 0 Å². The lowest BCUT2D eigenvalue weighted by Gasteiger charge is -2.29. The molecule has 2 aromatic rings. The summed E-state index contributed by atoms with van der Waals surface area (Å²) in [5.74, 6) is 0.414. The quantitative estimate of drug-likeness (QED) is 0.572. The fraction of sp³-hybridized carbons (Fsp3) is 0.429. The van der Waals surface area contributed by atoms with E-state index in [2.05, 4.69) is 17.2 Å². The smallest absolute Gasteiger partial charge is 0.267 e. The van der Waals surface area contributed by atoms with E-state index in [9.17, 15) is 9.59 Å². The summed E-state index contributed by atoms with van der Waals surface area (Å²) in [6.45, 7) is 2.75. The first-order valence-corrected chi connectivity index (χ1v) is 11.3. The molecule has 2 fully saturated rings. The highest BCUT2D eigenvalue weighted by Gasteiger charge is 2.37. The lowest BCUT2D eigenvalue weighted by molar-refractivity contribution is -0.124. The first kappa shape index (κ1) is 20.1. The van der Waals surface area contributed by atoms with E-state index in [4.69, 9.17) is 12.2 Å².